The summed E-state index contributed by atoms with van der Waals surface area (Å²) < 4.78 is 1.53. The van der Waals surface area contributed by atoms with Crippen molar-refractivity contribution < 1.29 is 5.11 Å². The number of aromatic nitrogens is 4. The first kappa shape index (κ1) is 17.2. The van der Waals surface area contributed by atoms with Crippen molar-refractivity contribution in [2.75, 3.05) is 25.4 Å². The van der Waals surface area contributed by atoms with Crippen molar-refractivity contribution in [3.8, 4) is 5.75 Å². The third kappa shape index (κ3) is 3.04. The molecule has 0 radical (unpaired) electrons. The Kier molecular flexibility index (Phi) is 4.33. The van der Waals surface area contributed by atoms with Crippen LogP contribution in [0.25, 0.3) is 16.6 Å². The fraction of sp³-hybridized carbons (Fsp3) is 0.263. The van der Waals surface area contributed by atoms with E-state index in [9.17, 15) is 5.11 Å². The maximum atomic E-state index is 10.0. The Labute approximate surface area is 156 Å². The van der Waals surface area contributed by atoms with Gasteiger partial charge in [0.15, 0.2) is 11.5 Å². The number of aromatic hydroxyl groups is 1. The molecule has 0 fully saturated rings. The Morgan fingerprint density at radius 1 is 1.33 bits per heavy atom. The molecule has 1 aliphatic heterocycles. The van der Waals surface area contributed by atoms with Crippen molar-refractivity contribution in [2.24, 2.45) is 4.99 Å². The van der Waals surface area contributed by atoms with Crippen molar-refractivity contribution >= 4 is 29.2 Å². The molecule has 1 aromatic carbocycles. The highest BCUT2D eigenvalue weighted by Gasteiger charge is 2.20. The fourth-order valence-corrected chi connectivity index (χ4v) is 3.41. The number of nitrogens with zero attached hydrogens (tertiary/aromatic N) is 6. The molecule has 8 heteroatoms. The van der Waals surface area contributed by atoms with Gasteiger partial charge < -0.3 is 10.8 Å². The molecule has 8 nitrogen and oxygen atoms in total. The zero-order chi connectivity index (χ0) is 19.0. The number of hydrogen-bond acceptors (Lipinski definition) is 7. The van der Waals surface area contributed by atoms with Gasteiger partial charge in [0.05, 0.1) is 5.70 Å². The summed E-state index contributed by atoms with van der Waals surface area (Å²) in [7, 11) is 0. The molecule has 0 atom stereocenters. The number of allylic oxidation sites excluding steroid dienone is 1. The number of anilines is 1. The van der Waals surface area contributed by atoms with E-state index in [1.807, 2.05) is 19.1 Å². The Balaban J connectivity index is 1.57. The minimum atomic E-state index is 0.0790. The second-order valence-corrected chi connectivity index (χ2v) is 6.50. The highest BCUT2D eigenvalue weighted by atomic mass is 16.3. The standard InChI is InChI=1S/C19H21N7O/c1-3-5-12-10-25(11-14(12)21-2)9-8-16-22-18-13-6-4-7-15(27)17(13)23-19(20)26(18)24-16/h3-7,27H,2,8-11H2,1H3,(H2,20,23)/b5-3-. The smallest absolute Gasteiger partial charge is 0.223 e. The molecule has 0 bridgehead atoms. The number of phenols is 1. The highest BCUT2D eigenvalue weighted by Crippen LogP contribution is 2.26. The van der Waals surface area contributed by atoms with Gasteiger partial charge in [-0.25, -0.2) is 9.97 Å². The maximum Gasteiger partial charge on any atom is 0.223 e. The fourth-order valence-electron chi connectivity index (χ4n) is 3.41. The van der Waals surface area contributed by atoms with Crippen LogP contribution in [0.1, 0.15) is 12.7 Å². The maximum absolute atomic E-state index is 10.0. The van der Waals surface area contributed by atoms with Crippen LogP contribution in [-0.2, 0) is 6.42 Å². The van der Waals surface area contributed by atoms with Crippen molar-refractivity contribution in [3.05, 3.63) is 47.4 Å². The molecule has 3 N–H and O–H groups in total. The molecular weight excluding hydrogens is 342 g/mol. The molecule has 27 heavy (non-hydrogen) atoms. The highest BCUT2D eigenvalue weighted by molar-refractivity contribution is 5.95. The van der Waals surface area contributed by atoms with E-state index in [0.29, 0.717) is 23.4 Å². The summed E-state index contributed by atoms with van der Waals surface area (Å²) in [6.07, 6.45) is 4.77. The van der Waals surface area contributed by atoms with Gasteiger partial charge in [-0.1, -0.05) is 18.2 Å². The molecule has 3 heterocycles. The molecule has 0 aliphatic carbocycles. The predicted molar refractivity (Wildman–Crippen MR) is 106 cm³/mol. The van der Waals surface area contributed by atoms with Crippen molar-refractivity contribution in [1.82, 2.24) is 24.5 Å². The lowest BCUT2D eigenvalue weighted by molar-refractivity contribution is 0.347. The van der Waals surface area contributed by atoms with E-state index in [0.717, 1.165) is 30.7 Å². The lowest BCUT2D eigenvalue weighted by Crippen LogP contribution is -2.24. The molecule has 4 rings (SSSR count). The van der Waals surface area contributed by atoms with Crippen LogP contribution in [0.5, 0.6) is 5.75 Å². The lowest BCUT2D eigenvalue weighted by atomic mass is 10.2. The van der Waals surface area contributed by atoms with E-state index in [4.69, 9.17) is 5.73 Å². The third-order valence-electron chi connectivity index (χ3n) is 4.70. The zero-order valence-corrected chi connectivity index (χ0v) is 15.1. The van der Waals surface area contributed by atoms with Gasteiger partial charge in [-0.3, -0.25) is 9.89 Å². The van der Waals surface area contributed by atoms with Gasteiger partial charge >= 0.3 is 0 Å². The van der Waals surface area contributed by atoms with Crippen LogP contribution in [0.3, 0.4) is 0 Å². The van der Waals surface area contributed by atoms with Crippen LogP contribution in [0.15, 0.2) is 46.6 Å². The van der Waals surface area contributed by atoms with E-state index in [-0.39, 0.29) is 11.7 Å². The number of fused-ring (bicyclic) bond motifs is 3. The monoisotopic (exact) mass is 363 g/mol. The second kappa shape index (κ2) is 6.81. The number of nitrogen functional groups attached to an aromatic ring is 1. The summed E-state index contributed by atoms with van der Waals surface area (Å²) >= 11 is 0. The van der Waals surface area contributed by atoms with Gasteiger partial charge in [0.1, 0.15) is 11.3 Å². The van der Waals surface area contributed by atoms with Crippen LogP contribution < -0.4 is 5.73 Å². The minimum Gasteiger partial charge on any atom is -0.506 e. The van der Waals surface area contributed by atoms with Gasteiger partial charge in [0.25, 0.3) is 0 Å². The predicted octanol–water partition coefficient (Wildman–Crippen LogP) is 1.95. The first-order chi connectivity index (χ1) is 13.1. The molecule has 138 valence electrons. The number of aliphatic imine (C=N–C) groups is 1. The van der Waals surface area contributed by atoms with Crippen molar-refractivity contribution in [2.45, 2.75) is 13.3 Å². The Morgan fingerprint density at radius 2 is 2.19 bits per heavy atom. The molecule has 3 aromatic rings. The molecule has 0 spiro atoms. The van der Waals surface area contributed by atoms with Gasteiger partial charge in [-0.05, 0) is 31.3 Å². The average Bonchev–Trinajstić information content (AvgIpc) is 3.26. The largest absolute Gasteiger partial charge is 0.506 e. The molecule has 1 aliphatic rings. The molecule has 0 unspecified atom stereocenters. The van der Waals surface area contributed by atoms with E-state index < -0.39 is 0 Å². The number of benzene rings is 1. The number of phenolic OH excluding ortho intramolecular Hbond substituents is 1. The van der Waals surface area contributed by atoms with Gasteiger partial charge in [-0.2, -0.15) is 4.52 Å². The summed E-state index contributed by atoms with van der Waals surface area (Å²) in [4.78, 5) is 15.3. The molecule has 0 saturated heterocycles. The first-order valence-electron chi connectivity index (χ1n) is 8.77. The summed E-state index contributed by atoms with van der Waals surface area (Å²) in [5, 5.41) is 15.2. The molecule has 0 saturated carbocycles. The summed E-state index contributed by atoms with van der Waals surface area (Å²) in [6, 6.07) is 5.19. The van der Waals surface area contributed by atoms with Crippen LogP contribution in [0.2, 0.25) is 0 Å². The van der Waals surface area contributed by atoms with Crippen LogP contribution in [0, 0.1) is 0 Å². The van der Waals surface area contributed by atoms with E-state index in [1.54, 1.807) is 12.1 Å². The number of rotatable bonds is 5. The van der Waals surface area contributed by atoms with Crippen molar-refractivity contribution in [1.29, 1.82) is 0 Å². The summed E-state index contributed by atoms with van der Waals surface area (Å²) in [6.45, 7) is 8.08. The average molecular weight is 363 g/mol. The van der Waals surface area contributed by atoms with Gasteiger partial charge in [0, 0.05) is 31.4 Å². The first-order valence-corrected chi connectivity index (χ1v) is 8.77. The summed E-state index contributed by atoms with van der Waals surface area (Å²) in [5.41, 5.74) is 9.26. The normalized spacial score (nSPS) is 15.6. The number of nitrogens with two attached hydrogens (primary N) is 1. The van der Waals surface area contributed by atoms with Crippen LogP contribution in [-0.4, -0.2) is 55.9 Å². The van der Waals surface area contributed by atoms with Crippen LogP contribution in [0.4, 0.5) is 5.95 Å². The van der Waals surface area contributed by atoms with Crippen molar-refractivity contribution in [3.63, 3.8) is 0 Å². The second-order valence-electron chi connectivity index (χ2n) is 6.50. The number of para-hydroxylation sites is 1. The van der Waals surface area contributed by atoms with Gasteiger partial charge in [-0.15, -0.1) is 5.10 Å². The topological polar surface area (TPSA) is 105 Å². The quantitative estimate of drug-likeness (QED) is 0.671. The summed E-state index contributed by atoms with van der Waals surface area (Å²) in [5.74, 6) is 0.969. The van der Waals surface area contributed by atoms with E-state index in [1.165, 1.54) is 10.1 Å². The zero-order valence-electron chi connectivity index (χ0n) is 15.1. The Hall–Kier alpha value is -3.26. The van der Waals surface area contributed by atoms with Gasteiger partial charge in [0.2, 0.25) is 5.95 Å². The Bertz CT molecular complexity index is 1100. The molecule has 2 aromatic heterocycles. The lowest BCUT2D eigenvalue weighted by Gasteiger charge is -2.13. The van der Waals surface area contributed by atoms with Crippen LogP contribution >= 0.6 is 0 Å². The van der Waals surface area contributed by atoms with E-state index in [2.05, 4.69) is 37.8 Å². The minimum absolute atomic E-state index is 0.0790. The molecular formula is C19H21N7O. The Morgan fingerprint density at radius 3 is 2.96 bits per heavy atom. The van der Waals surface area contributed by atoms with E-state index >= 15 is 0 Å². The third-order valence-corrected chi connectivity index (χ3v) is 4.70. The number of hydrogen-bond donors (Lipinski definition) is 2. The molecule has 0 amide bonds. The SMILES string of the molecule is C=NC1=C(/C=C\C)CN(CCc2nc3c4cccc(O)c4nc(N)n3n2)C1.